The molecule has 1 amide bonds. The van der Waals surface area contributed by atoms with Crippen molar-refractivity contribution in [2.24, 2.45) is 0 Å². The van der Waals surface area contributed by atoms with Crippen molar-refractivity contribution in [2.45, 2.75) is 18.2 Å². The number of nitrogens with zero attached hydrogens (tertiary/aromatic N) is 1. The number of carbonyl (C=O) groups excluding carboxylic acids is 2. The van der Waals surface area contributed by atoms with Crippen molar-refractivity contribution >= 4 is 27.4 Å². The summed E-state index contributed by atoms with van der Waals surface area (Å²) >= 11 is 0. The molecule has 0 heterocycles. The molecule has 0 saturated heterocycles. The van der Waals surface area contributed by atoms with Gasteiger partial charge in [-0.2, -0.15) is 5.26 Å². The predicted octanol–water partition coefficient (Wildman–Crippen LogP) is 2.34. The molecule has 0 radical (unpaired) electrons. The van der Waals surface area contributed by atoms with Crippen molar-refractivity contribution in [1.82, 2.24) is 0 Å². The lowest BCUT2D eigenvalue weighted by Gasteiger charge is -2.10. The molecule has 0 unspecified atom stereocenters. The lowest BCUT2D eigenvalue weighted by Crippen LogP contribution is -2.22. The predicted molar refractivity (Wildman–Crippen MR) is 98.8 cm³/mol. The Hall–Kier alpha value is -3.18. The largest absolute Gasteiger partial charge is 0.452 e. The highest BCUT2D eigenvalue weighted by atomic mass is 32.2. The zero-order valence-electron chi connectivity index (χ0n) is 14.6. The standard InChI is InChI=1S/C19H18N2O5S/c1-2-27(24,25)17-6-4-3-5-16(17)19(23)26-13-18(22)21-15-9-7-14(8-10-15)11-12-20/h3-10H,2,11,13H2,1H3,(H,21,22). The Balaban J connectivity index is 2.00. The molecule has 2 aromatic carbocycles. The van der Waals surface area contributed by atoms with Gasteiger partial charge in [0.15, 0.2) is 16.4 Å². The zero-order chi connectivity index (χ0) is 19.9. The van der Waals surface area contributed by atoms with Crippen LogP contribution < -0.4 is 5.32 Å². The number of ether oxygens (including phenoxy) is 1. The highest BCUT2D eigenvalue weighted by Crippen LogP contribution is 2.18. The number of nitrogens with one attached hydrogen (secondary N) is 1. The van der Waals surface area contributed by atoms with Crippen molar-refractivity contribution in [3.8, 4) is 6.07 Å². The third-order valence-electron chi connectivity index (χ3n) is 3.68. The maximum atomic E-state index is 12.2. The van der Waals surface area contributed by atoms with Crippen molar-refractivity contribution < 1.29 is 22.7 Å². The van der Waals surface area contributed by atoms with Crippen LogP contribution >= 0.6 is 0 Å². The fraction of sp³-hybridized carbons (Fsp3) is 0.211. The van der Waals surface area contributed by atoms with Crippen LogP contribution in [0.2, 0.25) is 0 Å². The summed E-state index contributed by atoms with van der Waals surface area (Å²) < 4.78 is 29.1. The van der Waals surface area contributed by atoms with Crippen LogP contribution in [-0.4, -0.2) is 32.7 Å². The Morgan fingerprint density at radius 2 is 1.78 bits per heavy atom. The first kappa shape index (κ1) is 20.1. The number of anilines is 1. The molecule has 2 rings (SSSR count). The Kier molecular flexibility index (Phi) is 6.68. The van der Waals surface area contributed by atoms with E-state index in [2.05, 4.69) is 5.32 Å². The van der Waals surface area contributed by atoms with E-state index in [1.54, 1.807) is 24.3 Å². The van der Waals surface area contributed by atoms with Gasteiger partial charge in [0.2, 0.25) is 0 Å². The fourth-order valence-corrected chi connectivity index (χ4v) is 3.35. The number of sulfone groups is 1. The molecule has 0 spiro atoms. The van der Waals surface area contributed by atoms with Crippen LogP contribution in [0.4, 0.5) is 5.69 Å². The molecule has 0 atom stereocenters. The van der Waals surface area contributed by atoms with Crippen molar-refractivity contribution in [3.63, 3.8) is 0 Å². The summed E-state index contributed by atoms with van der Waals surface area (Å²) in [5.41, 5.74) is 1.20. The lowest BCUT2D eigenvalue weighted by atomic mass is 10.1. The number of hydrogen-bond donors (Lipinski definition) is 1. The molecule has 0 saturated carbocycles. The van der Waals surface area contributed by atoms with E-state index in [-0.39, 0.29) is 22.6 Å². The fourth-order valence-electron chi connectivity index (χ4n) is 2.27. The number of hydrogen-bond acceptors (Lipinski definition) is 6. The summed E-state index contributed by atoms with van der Waals surface area (Å²) in [6.07, 6.45) is 0.270. The minimum atomic E-state index is -3.59. The molecule has 0 fully saturated rings. The van der Waals surface area contributed by atoms with Gasteiger partial charge in [0, 0.05) is 5.69 Å². The third kappa shape index (κ3) is 5.39. The summed E-state index contributed by atoms with van der Waals surface area (Å²) in [6, 6.07) is 14.4. The van der Waals surface area contributed by atoms with Gasteiger partial charge >= 0.3 is 5.97 Å². The van der Waals surface area contributed by atoms with Crippen LogP contribution in [0.15, 0.2) is 53.4 Å². The van der Waals surface area contributed by atoms with Gasteiger partial charge in [-0.25, -0.2) is 13.2 Å². The monoisotopic (exact) mass is 386 g/mol. The molecule has 8 heteroatoms. The van der Waals surface area contributed by atoms with Crippen LogP contribution in [0.25, 0.3) is 0 Å². The van der Waals surface area contributed by atoms with E-state index in [9.17, 15) is 18.0 Å². The molecule has 27 heavy (non-hydrogen) atoms. The number of benzene rings is 2. The molecule has 0 bridgehead atoms. The zero-order valence-corrected chi connectivity index (χ0v) is 15.5. The van der Waals surface area contributed by atoms with Crippen LogP contribution in [0, 0.1) is 11.3 Å². The highest BCUT2D eigenvalue weighted by Gasteiger charge is 2.22. The maximum absolute atomic E-state index is 12.2. The van der Waals surface area contributed by atoms with Crippen molar-refractivity contribution in [1.29, 1.82) is 5.26 Å². The average Bonchev–Trinajstić information content (AvgIpc) is 2.68. The molecule has 0 aliphatic heterocycles. The van der Waals surface area contributed by atoms with Gasteiger partial charge in [-0.3, -0.25) is 4.79 Å². The van der Waals surface area contributed by atoms with Crippen LogP contribution in [0.1, 0.15) is 22.8 Å². The smallest absolute Gasteiger partial charge is 0.339 e. The maximum Gasteiger partial charge on any atom is 0.339 e. The highest BCUT2D eigenvalue weighted by molar-refractivity contribution is 7.91. The van der Waals surface area contributed by atoms with Gasteiger partial charge < -0.3 is 10.1 Å². The van der Waals surface area contributed by atoms with E-state index in [1.807, 2.05) is 6.07 Å². The number of nitriles is 1. The lowest BCUT2D eigenvalue weighted by molar-refractivity contribution is -0.119. The molecule has 140 valence electrons. The summed E-state index contributed by atoms with van der Waals surface area (Å²) in [5, 5.41) is 11.2. The normalized spacial score (nSPS) is 10.7. The minimum Gasteiger partial charge on any atom is -0.452 e. The number of carbonyl (C=O) groups is 2. The van der Waals surface area contributed by atoms with Gasteiger partial charge in [0.25, 0.3) is 5.91 Å². The minimum absolute atomic E-state index is 0.104. The van der Waals surface area contributed by atoms with Gasteiger partial charge in [0.05, 0.1) is 28.7 Å². The summed E-state index contributed by atoms with van der Waals surface area (Å²) in [5.74, 6) is -1.60. The summed E-state index contributed by atoms with van der Waals surface area (Å²) in [7, 11) is -3.59. The van der Waals surface area contributed by atoms with Crippen molar-refractivity contribution in [2.75, 3.05) is 17.7 Å². The van der Waals surface area contributed by atoms with Crippen molar-refractivity contribution in [3.05, 3.63) is 59.7 Å². The topological polar surface area (TPSA) is 113 Å². The molecular weight excluding hydrogens is 368 g/mol. The van der Waals surface area contributed by atoms with Gasteiger partial charge in [0.1, 0.15) is 0 Å². The first-order valence-corrected chi connectivity index (χ1v) is 9.77. The second kappa shape index (κ2) is 8.96. The second-order valence-corrected chi connectivity index (χ2v) is 7.80. The molecule has 0 aromatic heterocycles. The van der Waals surface area contributed by atoms with E-state index in [1.165, 1.54) is 31.2 Å². The Bertz CT molecular complexity index is 976. The molecular formula is C19H18N2O5S. The average molecular weight is 386 g/mol. The molecule has 2 aromatic rings. The van der Waals surface area contributed by atoms with Crippen LogP contribution in [0.5, 0.6) is 0 Å². The van der Waals surface area contributed by atoms with E-state index in [0.717, 1.165) is 5.56 Å². The second-order valence-electron chi connectivity index (χ2n) is 5.56. The Morgan fingerprint density at radius 1 is 1.11 bits per heavy atom. The molecule has 0 aliphatic carbocycles. The quantitative estimate of drug-likeness (QED) is 0.731. The summed E-state index contributed by atoms with van der Waals surface area (Å²) in [4.78, 5) is 24.0. The Labute approximate surface area is 157 Å². The molecule has 7 nitrogen and oxygen atoms in total. The SMILES string of the molecule is CCS(=O)(=O)c1ccccc1C(=O)OCC(=O)Nc1ccc(CC#N)cc1. The van der Waals surface area contributed by atoms with E-state index < -0.39 is 28.3 Å². The number of amides is 1. The Morgan fingerprint density at radius 3 is 2.41 bits per heavy atom. The van der Waals surface area contributed by atoms with Gasteiger partial charge in [-0.15, -0.1) is 0 Å². The molecule has 1 N–H and O–H groups in total. The van der Waals surface area contributed by atoms with E-state index in [4.69, 9.17) is 10.00 Å². The first-order chi connectivity index (χ1) is 12.9. The van der Waals surface area contributed by atoms with Gasteiger partial charge in [-0.05, 0) is 29.8 Å². The number of rotatable bonds is 7. The van der Waals surface area contributed by atoms with Crippen LogP contribution in [0.3, 0.4) is 0 Å². The van der Waals surface area contributed by atoms with Gasteiger partial charge in [-0.1, -0.05) is 31.2 Å². The first-order valence-electron chi connectivity index (χ1n) is 8.12. The summed E-state index contributed by atoms with van der Waals surface area (Å²) in [6.45, 7) is 0.923. The van der Waals surface area contributed by atoms with E-state index >= 15 is 0 Å². The third-order valence-corrected chi connectivity index (χ3v) is 5.46. The number of esters is 1. The van der Waals surface area contributed by atoms with Crippen LogP contribution in [-0.2, 0) is 25.8 Å². The van der Waals surface area contributed by atoms with E-state index in [0.29, 0.717) is 5.69 Å². The molecule has 0 aliphatic rings.